The van der Waals surface area contributed by atoms with E-state index in [1.165, 1.54) is 18.4 Å². The Balaban J connectivity index is 2.13. The highest BCUT2D eigenvalue weighted by atomic mass is 15.3. The number of nitrogens with one attached hydrogen (secondary N) is 1. The van der Waals surface area contributed by atoms with Crippen molar-refractivity contribution >= 4 is 5.69 Å². The van der Waals surface area contributed by atoms with Gasteiger partial charge in [0.25, 0.3) is 0 Å². The predicted octanol–water partition coefficient (Wildman–Crippen LogP) is 3.02. The van der Waals surface area contributed by atoms with E-state index in [1.54, 1.807) is 0 Å². The Morgan fingerprint density at radius 3 is 2.91 bits per heavy atom. The van der Waals surface area contributed by atoms with Gasteiger partial charge in [-0.1, -0.05) is 13.3 Å². The van der Waals surface area contributed by atoms with Gasteiger partial charge in [0.1, 0.15) is 6.07 Å². The molecule has 0 atom stereocenters. The molecule has 0 aliphatic heterocycles. The number of aromatic nitrogens is 2. The minimum absolute atomic E-state index is 0.622. The normalized spacial score (nSPS) is 10.7. The lowest BCUT2D eigenvalue weighted by atomic mass is 10.1. The van der Waals surface area contributed by atoms with Crippen LogP contribution in [0.2, 0.25) is 0 Å². The first-order valence-electron chi connectivity index (χ1n) is 7.62. The second kappa shape index (κ2) is 7.62. The number of benzene rings is 1. The van der Waals surface area contributed by atoms with Gasteiger partial charge in [-0.2, -0.15) is 10.4 Å². The molecule has 5 heteroatoms. The maximum atomic E-state index is 9.20. The molecular formula is C17H23N5. The topological polar surface area (TPSA) is 56.9 Å². The fraction of sp³-hybridized carbons (Fsp3) is 0.412. The van der Waals surface area contributed by atoms with E-state index in [0.29, 0.717) is 5.56 Å². The van der Waals surface area contributed by atoms with Crippen LogP contribution in [0.4, 0.5) is 5.69 Å². The zero-order valence-corrected chi connectivity index (χ0v) is 13.5. The standard InChI is InChI=1S/C17H23N5/c1-4-5-8-21(3)12-14-11-20-22(13-14)16-6-7-17(19-2)15(9-16)10-18/h6-7,9,11,13,19H,4-5,8,12H2,1-3H3. The van der Waals surface area contributed by atoms with Crippen LogP contribution < -0.4 is 5.32 Å². The van der Waals surface area contributed by atoms with Crippen molar-refractivity contribution < 1.29 is 0 Å². The Hall–Kier alpha value is -2.32. The van der Waals surface area contributed by atoms with Gasteiger partial charge in [0.15, 0.2) is 0 Å². The summed E-state index contributed by atoms with van der Waals surface area (Å²) in [5, 5.41) is 16.6. The molecule has 1 N–H and O–H groups in total. The minimum Gasteiger partial charge on any atom is -0.387 e. The summed E-state index contributed by atoms with van der Waals surface area (Å²) < 4.78 is 1.82. The molecule has 0 radical (unpaired) electrons. The number of nitrogens with zero attached hydrogens (tertiary/aromatic N) is 4. The zero-order valence-electron chi connectivity index (χ0n) is 13.5. The third-order valence-corrected chi connectivity index (χ3v) is 3.64. The van der Waals surface area contributed by atoms with Crippen LogP contribution in [-0.2, 0) is 6.54 Å². The number of anilines is 1. The summed E-state index contributed by atoms with van der Waals surface area (Å²) in [7, 11) is 3.94. The van der Waals surface area contributed by atoms with Crippen LogP contribution in [0.5, 0.6) is 0 Å². The van der Waals surface area contributed by atoms with Gasteiger partial charge in [0.05, 0.1) is 23.1 Å². The highest BCUT2D eigenvalue weighted by Gasteiger charge is 2.07. The Kier molecular flexibility index (Phi) is 5.56. The van der Waals surface area contributed by atoms with Crippen LogP contribution in [0.1, 0.15) is 30.9 Å². The molecule has 5 nitrogen and oxygen atoms in total. The first-order chi connectivity index (χ1) is 10.7. The van der Waals surface area contributed by atoms with E-state index in [0.717, 1.165) is 24.5 Å². The van der Waals surface area contributed by atoms with Crippen LogP contribution in [0.3, 0.4) is 0 Å². The van der Waals surface area contributed by atoms with Gasteiger partial charge in [-0.3, -0.25) is 0 Å². The quantitative estimate of drug-likeness (QED) is 0.853. The molecule has 0 spiro atoms. The van der Waals surface area contributed by atoms with Crippen molar-refractivity contribution in [2.24, 2.45) is 0 Å². The third kappa shape index (κ3) is 3.86. The molecule has 0 saturated heterocycles. The molecule has 0 bridgehead atoms. The third-order valence-electron chi connectivity index (χ3n) is 3.64. The Morgan fingerprint density at radius 1 is 1.41 bits per heavy atom. The molecule has 1 aromatic carbocycles. The van der Waals surface area contributed by atoms with Crippen molar-refractivity contribution in [3.05, 3.63) is 41.7 Å². The van der Waals surface area contributed by atoms with Crippen molar-refractivity contribution in [2.45, 2.75) is 26.3 Å². The van der Waals surface area contributed by atoms with E-state index < -0.39 is 0 Å². The van der Waals surface area contributed by atoms with E-state index in [9.17, 15) is 5.26 Å². The van der Waals surface area contributed by atoms with Crippen LogP contribution >= 0.6 is 0 Å². The predicted molar refractivity (Wildman–Crippen MR) is 89.1 cm³/mol. The average molecular weight is 297 g/mol. The molecule has 0 unspecified atom stereocenters. The van der Waals surface area contributed by atoms with Crippen LogP contribution in [0, 0.1) is 11.3 Å². The first kappa shape index (κ1) is 16.1. The molecule has 2 aromatic rings. The Labute approximate surface area is 132 Å². The van der Waals surface area contributed by atoms with Crippen molar-refractivity contribution in [1.29, 1.82) is 5.26 Å². The van der Waals surface area contributed by atoms with E-state index in [2.05, 4.69) is 35.4 Å². The summed E-state index contributed by atoms with van der Waals surface area (Å²) >= 11 is 0. The lowest BCUT2D eigenvalue weighted by Gasteiger charge is -2.14. The van der Waals surface area contributed by atoms with Crippen molar-refractivity contribution in [3.63, 3.8) is 0 Å². The fourth-order valence-corrected chi connectivity index (χ4v) is 2.39. The lowest BCUT2D eigenvalue weighted by Crippen LogP contribution is -2.18. The Bertz CT molecular complexity index is 653. The summed E-state index contributed by atoms with van der Waals surface area (Å²) in [6.07, 6.45) is 6.33. The molecule has 1 aromatic heterocycles. The van der Waals surface area contributed by atoms with Crippen LogP contribution in [0.15, 0.2) is 30.6 Å². The second-order valence-electron chi connectivity index (χ2n) is 5.48. The fourth-order valence-electron chi connectivity index (χ4n) is 2.39. The first-order valence-corrected chi connectivity index (χ1v) is 7.62. The molecule has 1 heterocycles. The Morgan fingerprint density at radius 2 is 2.23 bits per heavy atom. The summed E-state index contributed by atoms with van der Waals surface area (Å²) in [5.41, 5.74) is 3.53. The number of hydrogen-bond donors (Lipinski definition) is 1. The van der Waals surface area contributed by atoms with Crippen LogP contribution in [0.25, 0.3) is 5.69 Å². The van der Waals surface area contributed by atoms with E-state index in [4.69, 9.17) is 0 Å². The smallest absolute Gasteiger partial charge is 0.101 e. The van der Waals surface area contributed by atoms with E-state index in [-0.39, 0.29) is 0 Å². The molecule has 0 saturated carbocycles. The number of hydrogen-bond acceptors (Lipinski definition) is 4. The average Bonchev–Trinajstić information content (AvgIpc) is 3.00. The van der Waals surface area contributed by atoms with Gasteiger partial charge >= 0.3 is 0 Å². The SMILES string of the molecule is CCCCN(C)Cc1cnn(-c2ccc(NC)c(C#N)c2)c1. The summed E-state index contributed by atoms with van der Waals surface area (Å²) in [6, 6.07) is 7.93. The summed E-state index contributed by atoms with van der Waals surface area (Å²) in [6.45, 7) is 4.18. The highest BCUT2D eigenvalue weighted by molar-refractivity contribution is 5.60. The van der Waals surface area contributed by atoms with Crippen molar-refractivity contribution in [3.8, 4) is 11.8 Å². The van der Waals surface area contributed by atoms with E-state index in [1.807, 2.05) is 42.3 Å². The number of unbranched alkanes of at least 4 members (excludes halogenated alkanes) is 1. The molecule has 116 valence electrons. The van der Waals surface area contributed by atoms with Gasteiger partial charge < -0.3 is 10.2 Å². The summed E-state index contributed by atoms with van der Waals surface area (Å²) in [5.74, 6) is 0. The monoisotopic (exact) mass is 297 g/mol. The van der Waals surface area contributed by atoms with Gasteiger partial charge in [-0.25, -0.2) is 4.68 Å². The van der Waals surface area contributed by atoms with Gasteiger partial charge in [0.2, 0.25) is 0 Å². The number of rotatable bonds is 7. The van der Waals surface area contributed by atoms with Crippen molar-refractivity contribution in [2.75, 3.05) is 26.0 Å². The molecule has 0 fully saturated rings. The molecular weight excluding hydrogens is 274 g/mol. The molecule has 0 amide bonds. The second-order valence-corrected chi connectivity index (χ2v) is 5.48. The maximum Gasteiger partial charge on any atom is 0.101 e. The minimum atomic E-state index is 0.622. The van der Waals surface area contributed by atoms with Crippen LogP contribution in [-0.4, -0.2) is 35.3 Å². The largest absolute Gasteiger partial charge is 0.387 e. The maximum absolute atomic E-state index is 9.20. The zero-order chi connectivity index (χ0) is 15.9. The lowest BCUT2D eigenvalue weighted by molar-refractivity contribution is 0.321. The number of nitriles is 1. The van der Waals surface area contributed by atoms with Gasteiger partial charge in [-0.15, -0.1) is 0 Å². The van der Waals surface area contributed by atoms with Crippen molar-refractivity contribution in [1.82, 2.24) is 14.7 Å². The highest BCUT2D eigenvalue weighted by Crippen LogP contribution is 2.19. The molecule has 22 heavy (non-hydrogen) atoms. The molecule has 2 rings (SSSR count). The molecule has 0 aliphatic carbocycles. The van der Waals surface area contributed by atoms with Gasteiger partial charge in [0, 0.05) is 25.4 Å². The summed E-state index contributed by atoms with van der Waals surface area (Å²) in [4.78, 5) is 2.30. The van der Waals surface area contributed by atoms with Gasteiger partial charge in [-0.05, 0) is 38.2 Å². The van der Waals surface area contributed by atoms with E-state index >= 15 is 0 Å². The molecule has 0 aliphatic rings.